The first kappa shape index (κ1) is 21.5. The third-order valence-corrected chi connectivity index (χ3v) is 5.00. The number of nitrogen functional groups attached to an aromatic ring is 1. The Morgan fingerprint density at radius 3 is 2.81 bits per heavy atom. The molecule has 4 rings (SSSR count). The SMILES string of the molecule is C=C(CCCCl)Nc1cnc(-c2cc(-c3ccon3)n(Cc3ccccc3F)n2)nc1N. The summed E-state index contributed by atoms with van der Waals surface area (Å²) >= 11 is 5.72. The number of hydrogen-bond donors (Lipinski definition) is 2. The van der Waals surface area contributed by atoms with Crippen molar-refractivity contribution in [3.8, 4) is 22.9 Å². The summed E-state index contributed by atoms with van der Waals surface area (Å²) in [4.78, 5) is 8.77. The molecule has 0 aliphatic heterocycles. The van der Waals surface area contributed by atoms with E-state index < -0.39 is 0 Å². The van der Waals surface area contributed by atoms with E-state index in [9.17, 15) is 4.39 Å². The first-order valence-corrected chi connectivity index (χ1v) is 10.4. The lowest BCUT2D eigenvalue weighted by Crippen LogP contribution is -2.07. The number of nitrogens with two attached hydrogens (primary N) is 1. The van der Waals surface area contributed by atoms with Crippen LogP contribution in [-0.2, 0) is 6.54 Å². The second kappa shape index (κ2) is 9.61. The third kappa shape index (κ3) is 4.78. The van der Waals surface area contributed by atoms with Crippen LogP contribution in [0.3, 0.4) is 0 Å². The number of benzene rings is 1. The number of hydrogen-bond acceptors (Lipinski definition) is 7. The van der Waals surface area contributed by atoms with Gasteiger partial charge in [0, 0.05) is 23.2 Å². The zero-order valence-electron chi connectivity index (χ0n) is 17.1. The molecule has 3 N–H and O–H groups in total. The summed E-state index contributed by atoms with van der Waals surface area (Å²) in [5.41, 5.74) is 9.60. The van der Waals surface area contributed by atoms with Gasteiger partial charge in [-0.3, -0.25) is 4.68 Å². The molecule has 0 aliphatic carbocycles. The van der Waals surface area contributed by atoms with Crippen molar-refractivity contribution in [2.45, 2.75) is 19.4 Å². The van der Waals surface area contributed by atoms with E-state index in [1.54, 1.807) is 41.2 Å². The van der Waals surface area contributed by atoms with Crippen LogP contribution >= 0.6 is 11.6 Å². The topological polar surface area (TPSA) is 108 Å². The zero-order valence-corrected chi connectivity index (χ0v) is 17.9. The van der Waals surface area contributed by atoms with Gasteiger partial charge in [0.25, 0.3) is 0 Å². The Labute approximate surface area is 188 Å². The molecule has 0 amide bonds. The van der Waals surface area contributed by atoms with Gasteiger partial charge in [-0.05, 0) is 25.0 Å². The smallest absolute Gasteiger partial charge is 0.182 e. The molecular weight excluding hydrogens is 433 g/mol. The molecule has 8 nitrogen and oxygen atoms in total. The minimum atomic E-state index is -0.319. The van der Waals surface area contributed by atoms with E-state index in [0.717, 1.165) is 12.1 Å². The van der Waals surface area contributed by atoms with Gasteiger partial charge in [-0.1, -0.05) is 29.9 Å². The predicted octanol–water partition coefficient (Wildman–Crippen LogP) is 4.71. The maximum absolute atomic E-state index is 14.2. The highest BCUT2D eigenvalue weighted by atomic mass is 35.5. The lowest BCUT2D eigenvalue weighted by Gasteiger charge is -2.10. The standard InChI is InChI=1S/C22H21ClFN7O/c1-14(5-4-9-23)27-19-12-26-22(28-21(19)25)18-11-20(17-8-10-32-30-17)31(29-18)13-15-6-2-3-7-16(15)24/h2-3,6-8,10-12,27H,1,4-5,9,13H2,(H2,25,26,28). The van der Waals surface area contributed by atoms with Gasteiger partial charge < -0.3 is 15.6 Å². The van der Waals surface area contributed by atoms with Gasteiger partial charge in [-0.15, -0.1) is 11.6 Å². The minimum absolute atomic E-state index is 0.199. The van der Waals surface area contributed by atoms with Gasteiger partial charge in [-0.2, -0.15) is 5.10 Å². The molecule has 32 heavy (non-hydrogen) atoms. The molecule has 0 saturated carbocycles. The van der Waals surface area contributed by atoms with E-state index in [1.165, 1.54) is 12.3 Å². The number of nitrogens with one attached hydrogen (secondary N) is 1. The van der Waals surface area contributed by atoms with Crippen LogP contribution < -0.4 is 11.1 Å². The monoisotopic (exact) mass is 453 g/mol. The van der Waals surface area contributed by atoms with E-state index in [1.807, 2.05) is 0 Å². The van der Waals surface area contributed by atoms with Crippen molar-refractivity contribution < 1.29 is 8.91 Å². The Morgan fingerprint density at radius 2 is 2.09 bits per heavy atom. The quantitative estimate of drug-likeness (QED) is 0.353. The largest absolute Gasteiger partial charge is 0.382 e. The van der Waals surface area contributed by atoms with E-state index in [4.69, 9.17) is 21.9 Å². The highest BCUT2D eigenvalue weighted by Crippen LogP contribution is 2.27. The molecule has 1 aromatic carbocycles. The average Bonchev–Trinajstić information content (AvgIpc) is 3.45. The van der Waals surface area contributed by atoms with E-state index in [2.05, 4.69) is 32.1 Å². The Kier molecular flexibility index (Phi) is 6.46. The Bertz CT molecular complexity index is 1220. The number of allylic oxidation sites excluding steroid dienone is 1. The summed E-state index contributed by atoms with van der Waals surface area (Å²) in [6, 6.07) is 9.99. The summed E-state index contributed by atoms with van der Waals surface area (Å²) < 4.78 is 20.8. The van der Waals surface area contributed by atoms with Crippen molar-refractivity contribution in [1.29, 1.82) is 0 Å². The molecule has 0 atom stereocenters. The van der Waals surface area contributed by atoms with Gasteiger partial charge in [0.1, 0.15) is 23.5 Å². The number of anilines is 2. The molecule has 3 aromatic heterocycles. The van der Waals surface area contributed by atoms with Crippen LogP contribution in [0.15, 0.2) is 65.7 Å². The van der Waals surface area contributed by atoms with Crippen molar-refractivity contribution in [1.82, 2.24) is 24.9 Å². The molecule has 0 aliphatic rings. The molecule has 164 valence electrons. The average molecular weight is 454 g/mol. The fourth-order valence-corrected chi connectivity index (χ4v) is 3.27. The van der Waals surface area contributed by atoms with Gasteiger partial charge in [0.05, 0.1) is 24.1 Å². The molecule has 0 fully saturated rings. The van der Waals surface area contributed by atoms with Gasteiger partial charge >= 0.3 is 0 Å². The van der Waals surface area contributed by atoms with Gasteiger partial charge in [0.2, 0.25) is 0 Å². The summed E-state index contributed by atoms with van der Waals surface area (Å²) in [5, 5.41) is 11.7. The van der Waals surface area contributed by atoms with Crippen LogP contribution in [0.25, 0.3) is 22.9 Å². The highest BCUT2D eigenvalue weighted by Gasteiger charge is 2.17. The fourth-order valence-electron chi connectivity index (χ4n) is 3.13. The van der Waals surface area contributed by atoms with E-state index in [-0.39, 0.29) is 18.2 Å². The summed E-state index contributed by atoms with van der Waals surface area (Å²) in [7, 11) is 0. The zero-order chi connectivity index (χ0) is 22.5. The molecular formula is C22H21ClFN7O. The second-order valence-corrected chi connectivity index (χ2v) is 7.44. The molecule has 3 heterocycles. The maximum Gasteiger partial charge on any atom is 0.182 e. The summed E-state index contributed by atoms with van der Waals surface area (Å²) in [6.07, 6.45) is 4.55. The Balaban J connectivity index is 1.64. The van der Waals surface area contributed by atoms with Crippen LogP contribution in [0, 0.1) is 5.82 Å². The summed E-state index contributed by atoms with van der Waals surface area (Å²) in [5.74, 6) is 0.820. The minimum Gasteiger partial charge on any atom is -0.382 e. The third-order valence-electron chi connectivity index (χ3n) is 4.73. The molecule has 10 heteroatoms. The maximum atomic E-state index is 14.2. The van der Waals surface area contributed by atoms with Crippen LogP contribution in [0.2, 0.25) is 0 Å². The predicted molar refractivity (Wildman–Crippen MR) is 121 cm³/mol. The van der Waals surface area contributed by atoms with Crippen molar-refractivity contribution in [2.24, 2.45) is 0 Å². The Hall–Kier alpha value is -3.72. The summed E-state index contributed by atoms with van der Waals surface area (Å²) in [6.45, 7) is 4.16. The number of nitrogens with zero attached hydrogens (tertiary/aromatic N) is 5. The van der Waals surface area contributed by atoms with Crippen molar-refractivity contribution >= 4 is 23.1 Å². The molecule has 4 aromatic rings. The van der Waals surface area contributed by atoms with Gasteiger partial charge in [0.15, 0.2) is 11.6 Å². The molecule has 0 bridgehead atoms. The number of aromatic nitrogens is 5. The molecule has 0 unspecified atom stereocenters. The van der Waals surface area contributed by atoms with Crippen LogP contribution in [-0.4, -0.2) is 30.8 Å². The van der Waals surface area contributed by atoms with Crippen LogP contribution in [0.4, 0.5) is 15.9 Å². The van der Waals surface area contributed by atoms with Crippen molar-refractivity contribution in [3.05, 3.63) is 72.5 Å². The van der Waals surface area contributed by atoms with E-state index >= 15 is 0 Å². The number of alkyl halides is 1. The number of halogens is 2. The second-order valence-electron chi connectivity index (χ2n) is 7.06. The van der Waals surface area contributed by atoms with Crippen LogP contribution in [0.1, 0.15) is 18.4 Å². The lowest BCUT2D eigenvalue weighted by atomic mass is 10.2. The van der Waals surface area contributed by atoms with Crippen molar-refractivity contribution in [3.63, 3.8) is 0 Å². The molecule has 0 saturated heterocycles. The first-order valence-electron chi connectivity index (χ1n) is 9.91. The molecule has 0 spiro atoms. The highest BCUT2D eigenvalue weighted by molar-refractivity contribution is 6.17. The van der Waals surface area contributed by atoms with Crippen LogP contribution in [0.5, 0.6) is 0 Å². The molecule has 0 radical (unpaired) electrons. The number of rotatable bonds is 9. The first-order chi connectivity index (χ1) is 15.5. The van der Waals surface area contributed by atoms with E-state index in [0.29, 0.717) is 46.5 Å². The van der Waals surface area contributed by atoms with Gasteiger partial charge in [-0.25, -0.2) is 14.4 Å². The fraction of sp³-hybridized carbons (Fsp3) is 0.182. The normalized spacial score (nSPS) is 10.9. The Morgan fingerprint density at radius 1 is 1.25 bits per heavy atom. The lowest BCUT2D eigenvalue weighted by molar-refractivity contribution is 0.421. The van der Waals surface area contributed by atoms with Crippen molar-refractivity contribution in [2.75, 3.05) is 16.9 Å².